The van der Waals surface area contributed by atoms with Crippen molar-refractivity contribution in [1.29, 1.82) is 0 Å². The number of hydrogen-bond donors (Lipinski definition) is 1. The van der Waals surface area contributed by atoms with E-state index in [1.165, 1.54) is 14.2 Å². The Morgan fingerprint density at radius 1 is 1.40 bits per heavy atom. The Morgan fingerprint density at radius 2 is 2.07 bits per heavy atom. The summed E-state index contributed by atoms with van der Waals surface area (Å²) in [6, 6.07) is 4.37. The molecule has 1 aromatic rings. The number of anilines is 1. The van der Waals surface area contributed by atoms with E-state index in [0.717, 1.165) is 5.06 Å². The third-order valence-corrected chi connectivity index (χ3v) is 2.46. The van der Waals surface area contributed by atoms with Gasteiger partial charge in [0, 0.05) is 7.05 Å². The van der Waals surface area contributed by atoms with Crippen LogP contribution in [0, 0.1) is 0 Å². The van der Waals surface area contributed by atoms with Crippen molar-refractivity contribution in [1.82, 2.24) is 5.32 Å². The molecule has 6 heteroatoms. The summed E-state index contributed by atoms with van der Waals surface area (Å²) >= 11 is 11.6. The van der Waals surface area contributed by atoms with Crippen LogP contribution in [-0.2, 0) is 4.84 Å². The number of nitrogens with one attached hydrogen (secondary N) is 1. The summed E-state index contributed by atoms with van der Waals surface area (Å²) in [6.45, 7) is 0. The van der Waals surface area contributed by atoms with Crippen LogP contribution in [0.25, 0.3) is 0 Å². The number of carbonyl (C=O) groups excluding carboxylic acids is 1. The van der Waals surface area contributed by atoms with Crippen molar-refractivity contribution in [2.75, 3.05) is 19.2 Å². The first-order valence-electron chi connectivity index (χ1n) is 4.11. The monoisotopic (exact) mass is 248 g/mol. The normalized spacial score (nSPS) is 9.87. The van der Waals surface area contributed by atoms with Crippen LogP contribution >= 0.6 is 23.2 Å². The minimum Gasteiger partial charge on any atom is -0.339 e. The van der Waals surface area contributed by atoms with Gasteiger partial charge in [-0.3, -0.25) is 4.84 Å². The molecule has 0 radical (unpaired) electrons. The highest BCUT2D eigenvalue weighted by Gasteiger charge is 2.14. The molecule has 0 fully saturated rings. The van der Waals surface area contributed by atoms with Gasteiger partial charge in [-0.1, -0.05) is 23.2 Å². The zero-order valence-electron chi connectivity index (χ0n) is 8.25. The number of urea groups is 1. The minimum absolute atomic E-state index is 0.361. The zero-order chi connectivity index (χ0) is 11.4. The Balaban J connectivity index is 3.02. The molecule has 1 aromatic carbocycles. The smallest absolute Gasteiger partial charge is 0.339 e. The van der Waals surface area contributed by atoms with Crippen molar-refractivity contribution in [2.45, 2.75) is 0 Å². The molecule has 0 unspecified atom stereocenters. The number of rotatable bonds is 2. The van der Waals surface area contributed by atoms with E-state index in [-0.39, 0.29) is 0 Å². The second kappa shape index (κ2) is 5.21. The van der Waals surface area contributed by atoms with Crippen LogP contribution in [0.4, 0.5) is 10.5 Å². The van der Waals surface area contributed by atoms with Crippen molar-refractivity contribution in [3.63, 3.8) is 0 Å². The summed E-state index contributed by atoms with van der Waals surface area (Å²) in [5.41, 5.74) is 0.506. The summed E-state index contributed by atoms with van der Waals surface area (Å²) in [5, 5.41) is 4.29. The summed E-state index contributed by atoms with van der Waals surface area (Å²) in [6.07, 6.45) is 0. The molecule has 0 saturated carbocycles. The molecular formula is C9H10Cl2N2O2. The standard InChI is InChI=1S/C9H10Cl2N2O2/c1-12-9(14)13(15-2)6-3-4-7(10)8(11)5-6/h3-5H,1-2H3,(H,12,14). The highest BCUT2D eigenvalue weighted by molar-refractivity contribution is 6.42. The predicted molar refractivity (Wildman–Crippen MR) is 60.4 cm³/mol. The maximum atomic E-state index is 11.4. The van der Waals surface area contributed by atoms with Gasteiger partial charge in [0.25, 0.3) is 0 Å². The van der Waals surface area contributed by atoms with Gasteiger partial charge in [-0.05, 0) is 18.2 Å². The summed E-state index contributed by atoms with van der Waals surface area (Å²) in [4.78, 5) is 16.3. The second-order valence-corrected chi connectivity index (χ2v) is 3.44. The van der Waals surface area contributed by atoms with Crippen LogP contribution in [0.3, 0.4) is 0 Å². The highest BCUT2D eigenvalue weighted by atomic mass is 35.5. The Labute approximate surface area is 97.7 Å². The van der Waals surface area contributed by atoms with Gasteiger partial charge in [0.05, 0.1) is 22.8 Å². The Hall–Kier alpha value is -0.970. The lowest BCUT2D eigenvalue weighted by Crippen LogP contribution is -2.37. The van der Waals surface area contributed by atoms with Gasteiger partial charge in [0.1, 0.15) is 0 Å². The first kappa shape index (κ1) is 12.1. The molecule has 0 aliphatic heterocycles. The maximum Gasteiger partial charge on any atom is 0.345 e. The van der Waals surface area contributed by atoms with E-state index in [9.17, 15) is 4.79 Å². The van der Waals surface area contributed by atoms with Gasteiger partial charge in [-0.2, -0.15) is 5.06 Å². The molecule has 0 saturated heterocycles. The Morgan fingerprint density at radius 3 is 2.53 bits per heavy atom. The third kappa shape index (κ3) is 2.75. The van der Waals surface area contributed by atoms with Crippen molar-refractivity contribution >= 4 is 34.9 Å². The fourth-order valence-corrected chi connectivity index (χ4v) is 1.31. The van der Waals surface area contributed by atoms with E-state index < -0.39 is 6.03 Å². The Bertz CT molecular complexity index is 371. The van der Waals surface area contributed by atoms with E-state index >= 15 is 0 Å². The highest BCUT2D eigenvalue weighted by Crippen LogP contribution is 2.27. The average molecular weight is 249 g/mol. The summed E-state index contributed by atoms with van der Waals surface area (Å²) < 4.78 is 0. The number of benzene rings is 1. The predicted octanol–water partition coefficient (Wildman–Crippen LogP) is 2.70. The second-order valence-electron chi connectivity index (χ2n) is 2.63. The maximum absolute atomic E-state index is 11.4. The fourth-order valence-electron chi connectivity index (χ4n) is 1.02. The number of amides is 2. The average Bonchev–Trinajstić information content (AvgIpc) is 2.24. The van der Waals surface area contributed by atoms with E-state index in [1.807, 2.05) is 0 Å². The number of halogens is 2. The van der Waals surface area contributed by atoms with Crippen LogP contribution < -0.4 is 10.4 Å². The zero-order valence-corrected chi connectivity index (χ0v) is 9.76. The van der Waals surface area contributed by atoms with Gasteiger partial charge in [0.2, 0.25) is 0 Å². The first-order valence-corrected chi connectivity index (χ1v) is 4.86. The molecule has 15 heavy (non-hydrogen) atoms. The van der Waals surface area contributed by atoms with Crippen molar-refractivity contribution in [2.24, 2.45) is 0 Å². The van der Waals surface area contributed by atoms with Crippen LogP contribution in [0.2, 0.25) is 10.0 Å². The van der Waals surface area contributed by atoms with Crippen LogP contribution in [0.15, 0.2) is 18.2 Å². The molecule has 2 amide bonds. The number of hydroxylamine groups is 1. The van der Waals surface area contributed by atoms with E-state index in [4.69, 9.17) is 28.0 Å². The molecule has 0 aromatic heterocycles. The van der Waals surface area contributed by atoms with E-state index in [0.29, 0.717) is 15.7 Å². The first-order chi connectivity index (χ1) is 7.10. The van der Waals surface area contributed by atoms with E-state index in [2.05, 4.69) is 5.32 Å². The van der Waals surface area contributed by atoms with E-state index in [1.54, 1.807) is 18.2 Å². The van der Waals surface area contributed by atoms with Gasteiger partial charge in [-0.15, -0.1) is 0 Å². The van der Waals surface area contributed by atoms with Crippen molar-refractivity contribution in [3.05, 3.63) is 28.2 Å². The number of nitrogens with zero attached hydrogens (tertiary/aromatic N) is 1. The molecule has 0 aliphatic carbocycles. The van der Waals surface area contributed by atoms with Crippen molar-refractivity contribution in [3.8, 4) is 0 Å². The topological polar surface area (TPSA) is 41.6 Å². The van der Waals surface area contributed by atoms with Gasteiger partial charge >= 0.3 is 6.03 Å². The van der Waals surface area contributed by atoms with Gasteiger partial charge in [0.15, 0.2) is 0 Å². The van der Waals surface area contributed by atoms with Crippen LogP contribution in [0.5, 0.6) is 0 Å². The summed E-state index contributed by atoms with van der Waals surface area (Å²) in [5.74, 6) is 0. The van der Waals surface area contributed by atoms with Crippen molar-refractivity contribution < 1.29 is 9.63 Å². The lowest BCUT2D eigenvalue weighted by Gasteiger charge is -2.19. The third-order valence-electron chi connectivity index (χ3n) is 1.72. The largest absolute Gasteiger partial charge is 0.345 e. The quantitative estimate of drug-likeness (QED) is 0.818. The molecule has 0 bridgehead atoms. The SMILES string of the molecule is CNC(=O)N(OC)c1ccc(Cl)c(Cl)c1. The summed E-state index contributed by atoms with van der Waals surface area (Å²) in [7, 11) is 2.89. The lowest BCUT2D eigenvalue weighted by molar-refractivity contribution is 0.164. The molecule has 1 rings (SSSR count). The molecule has 0 aliphatic rings. The number of carbonyl (C=O) groups is 1. The molecule has 1 N–H and O–H groups in total. The van der Waals surface area contributed by atoms with Crippen LogP contribution in [0.1, 0.15) is 0 Å². The van der Waals surface area contributed by atoms with Gasteiger partial charge in [-0.25, -0.2) is 4.79 Å². The molecule has 0 spiro atoms. The lowest BCUT2D eigenvalue weighted by atomic mass is 10.3. The molecular weight excluding hydrogens is 239 g/mol. The molecule has 82 valence electrons. The number of hydrogen-bond acceptors (Lipinski definition) is 2. The molecule has 4 nitrogen and oxygen atoms in total. The molecule has 0 atom stereocenters. The molecule has 0 heterocycles. The van der Waals surface area contributed by atoms with Crippen LogP contribution in [-0.4, -0.2) is 20.2 Å². The minimum atomic E-state index is -0.393. The Kier molecular flexibility index (Phi) is 4.20. The fraction of sp³-hybridized carbons (Fsp3) is 0.222. The van der Waals surface area contributed by atoms with Gasteiger partial charge < -0.3 is 5.32 Å².